The number of aliphatic imine (C=N–C) groups is 1. The van der Waals surface area contributed by atoms with Crippen molar-refractivity contribution in [2.45, 2.75) is 26.7 Å². The molecule has 0 aromatic carbocycles. The molecule has 0 aliphatic rings. The van der Waals surface area contributed by atoms with Crippen molar-refractivity contribution in [3.8, 4) is 11.5 Å². The van der Waals surface area contributed by atoms with E-state index in [2.05, 4.69) is 22.0 Å². The van der Waals surface area contributed by atoms with Crippen LogP contribution in [-0.4, -0.2) is 42.5 Å². The van der Waals surface area contributed by atoms with E-state index in [1.54, 1.807) is 24.0 Å². The Morgan fingerprint density at radius 3 is 2.66 bits per heavy atom. The molecule has 0 fully saturated rings. The Bertz CT molecular complexity index is 1120. The lowest BCUT2D eigenvalue weighted by molar-refractivity contribution is 0.0996. The highest BCUT2D eigenvalue weighted by Gasteiger charge is 2.19. The van der Waals surface area contributed by atoms with Gasteiger partial charge in [0.25, 0.3) is 5.91 Å². The van der Waals surface area contributed by atoms with Gasteiger partial charge in [-0.15, -0.1) is 0 Å². The molecule has 29 heavy (non-hydrogen) atoms. The van der Waals surface area contributed by atoms with Gasteiger partial charge in [0.15, 0.2) is 5.82 Å². The third-order valence-electron chi connectivity index (χ3n) is 4.51. The number of fused-ring (bicyclic) bond motifs is 1. The normalized spacial score (nSPS) is 12.7. The minimum Gasteiger partial charge on any atom is -0.402 e. The van der Waals surface area contributed by atoms with Crippen LogP contribution in [0, 0.1) is 0 Å². The maximum atomic E-state index is 11.8. The number of hydrogen-bond donors (Lipinski definition) is 2. The molecule has 3 aromatic heterocycles. The number of carbonyl (C=O) groups is 1. The van der Waals surface area contributed by atoms with Gasteiger partial charge in [-0.05, 0) is 25.5 Å². The summed E-state index contributed by atoms with van der Waals surface area (Å²) in [4.78, 5) is 25.7. The monoisotopic (exact) mass is 394 g/mol. The summed E-state index contributed by atoms with van der Waals surface area (Å²) in [5.41, 5.74) is 14.9. The molecular formula is C20H26N8O. The van der Waals surface area contributed by atoms with Crippen molar-refractivity contribution in [2.24, 2.45) is 30.6 Å². The molecule has 0 radical (unpaired) electrons. The molecule has 0 atom stereocenters. The van der Waals surface area contributed by atoms with Gasteiger partial charge >= 0.3 is 0 Å². The second-order valence-electron chi connectivity index (χ2n) is 6.99. The number of hydrogen-bond acceptors (Lipinski definition) is 6. The summed E-state index contributed by atoms with van der Waals surface area (Å²) in [7, 11) is 3.67. The number of allylic oxidation sites excluding steroid dienone is 2. The maximum Gasteiger partial charge on any atom is 0.267 e. The van der Waals surface area contributed by atoms with Crippen molar-refractivity contribution in [3.63, 3.8) is 0 Å². The Labute approximate surface area is 169 Å². The molecule has 0 spiro atoms. The smallest absolute Gasteiger partial charge is 0.267 e. The molecule has 4 N–H and O–H groups in total. The van der Waals surface area contributed by atoms with Gasteiger partial charge in [-0.2, -0.15) is 5.10 Å². The van der Waals surface area contributed by atoms with Gasteiger partial charge in [0, 0.05) is 37.9 Å². The summed E-state index contributed by atoms with van der Waals surface area (Å²) in [6.07, 6.45) is 7.43. The predicted octanol–water partition coefficient (Wildman–Crippen LogP) is 1.92. The molecule has 3 heterocycles. The first-order valence-electron chi connectivity index (χ1n) is 9.46. The van der Waals surface area contributed by atoms with Gasteiger partial charge in [0.2, 0.25) is 0 Å². The third-order valence-corrected chi connectivity index (χ3v) is 4.51. The zero-order valence-corrected chi connectivity index (χ0v) is 17.2. The average molecular weight is 394 g/mol. The number of carbonyl (C=O) groups excluding carboxylic acids is 1. The highest BCUT2D eigenvalue weighted by Crippen LogP contribution is 2.27. The molecule has 152 valence electrons. The van der Waals surface area contributed by atoms with Gasteiger partial charge in [0.05, 0.1) is 17.4 Å². The molecule has 3 aromatic rings. The number of pyridine rings is 1. The highest BCUT2D eigenvalue weighted by molar-refractivity contribution is 6.08. The molecular weight excluding hydrogens is 368 g/mol. The second-order valence-corrected chi connectivity index (χ2v) is 6.99. The number of aryl methyl sites for hydroxylation is 2. The standard InChI is InChI=1S/C20H26N8O/c1-5-6-7-23-14(8-12(2)21)16-11-27(3)20(26-16)18-13-10-24-28(4)17(13)9-15(25-18)19(22)29/h8-11H,5-7,21H2,1-4H3,(H2,22,29). The van der Waals surface area contributed by atoms with E-state index in [9.17, 15) is 4.79 Å². The van der Waals surface area contributed by atoms with E-state index >= 15 is 0 Å². The Morgan fingerprint density at radius 2 is 2.00 bits per heavy atom. The van der Waals surface area contributed by atoms with Crippen LogP contribution in [0.15, 0.2) is 35.2 Å². The zero-order chi connectivity index (χ0) is 21.1. The van der Waals surface area contributed by atoms with Crippen LogP contribution < -0.4 is 11.5 Å². The van der Waals surface area contributed by atoms with Gasteiger partial charge < -0.3 is 16.0 Å². The fourth-order valence-electron chi connectivity index (χ4n) is 3.02. The number of unbranched alkanes of at least 4 members (excludes halogenated alkanes) is 1. The largest absolute Gasteiger partial charge is 0.402 e. The van der Waals surface area contributed by atoms with Crippen molar-refractivity contribution in [3.05, 3.63) is 41.6 Å². The Kier molecular flexibility index (Phi) is 5.76. The number of primary amides is 1. The van der Waals surface area contributed by atoms with Crippen LogP contribution in [-0.2, 0) is 14.1 Å². The van der Waals surface area contributed by atoms with Crippen molar-refractivity contribution < 1.29 is 4.79 Å². The first-order valence-corrected chi connectivity index (χ1v) is 9.46. The maximum absolute atomic E-state index is 11.8. The van der Waals surface area contributed by atoms with E-state index in [1.165, 1.54) is 0 Å². The fourth-order valence-corrected chi connectivity index (χ4v) is 3.02. The third kappa shape index (κ3) is 4.18. The molecule has 0 aliphatic carbocycles. The van der Waals surface area contributed by atoms with Crippen LogP contribution in [0.2, 0.25) is 0 Å². The van der Waals surface area contributed by atoms with Gasteiger partial charge in [-0.25, -0.2) is 9.97 Å². The summed E-state index contributed by atoms with van der Waals surface area (Å²) >= 11 is 0. The number of nitrogens with zero attached hydrogens (tertiary/aromatic N) is 6. The van der Waals surface area contributed by atoms with Gasteiger partial charge in [-0.1, -0.05) is 13.3 Å². The van der Waals surface area contributed by atoms with E-state index in [4.69, 9.17) is 16.5 Å². The Balaban J connectivity index is 2.16. The summed E-state index contributed by atoms with van der Waals surface area (Å²) in [5.74, 6) is -0.0142. The second kappa shape index (κ2) is 8.26. The quantitative estimate of drug-likeness (QED) is 0.467. The van der Waals surface area contributed by atoms with E-state index < -0.39 is 5.91 Å². The molecule has 0 aliphatic heterocycles. The van der Waals surface area contributed by atoms with E-state index in [1.807, 2.05) is 30.8 Å². The van der Waals surface area contributed by atoms with Gasteiger partial charge in [0.1, 0.15) is 17.1 Å². The number of rotatable bonds is 7. The zero-order valence-electron chi connectivity index (χ0n) is 17.2. The summed E-state index contributed by atoms with van der Waals surface area (Å²) in [6.45, 7) is 4.63. The SMILES string of the molecule is CCCCN=C(C=C(C)N)c1cn(C)c(-c2nc(C(N)=O)cc3c2cnn3C)n1. The van der Waals surface area contributed by atoms with Crippen molar-refractivity contribution in [2.75, 3.05) is 6.54 Å². The lowest BCUT2D eigenvalue weighted by Crippen LogP contribution is -2.14. The van der Waals surface area contributed by atoms with Crippen LogP contribution in [0.3, 0.4) is 0 Å². The van der Waals surface area contributed by atoms with E-state index in [-0.39, 0.29) is 5.69 Å². The summed E-state index contributed by atoms with van der Waals surface area (Å²) < 4.78 is 3.53. The molecule has 3 rings (SSSR count). The number of aromatic nitrogens is 5. The lowest BCUT2D eigenvalue weighted by Gasteiger charge is -2.05. The molecule has 0 saturated carbocycles. The Hall–Kier alpha value is -3.49. The average Bonchev–Trinajstić information content (AvgIpc) is 3.23. The van der Waals surface area contributed by atoms with Crippen LogP contribution in [0.5, 0.6) is 0 Å². The summed E-state index contributed by atoms with van der Waals surface area (Å²) in [5, 5.41) is 5.07. The lowest BCUT2D eigenvalue weighted by atomic mass is 10.2. The van der Waals surface area contributed by atoms with E-state index in [0.29, 0.717) is 35.2 Å². The molecule has 0 saturated heterocycles. The van der Waals surface area contributed by atoms with Crippen LogP contribution in [0.25, 0.3) is 22.4 Å². The highest BCUT2D eigenvalue weighted by atomic mass is 16.1. The van der Waals surface area contributed by atoms with Crippen LogP contribution >= 0.6 is 0 Å². The number of nitrogens with two attached hydrogens (primary N) is 2. The molecule has 0 unspecified atom stereocenters. The first-order chi connectivity index (χ1) is 13.8. The number of amides is 1. The number of imidazole rings is 1. The molecule has 0 bridgehead atoms. The Morgan fingerprint density at radius 1 is 1.24 bits per heavy atom. The first kappa shape index (κ1) is 20.2. The predicted molar refractivity (Wildman–Crippen MR) is 113 cm³/mol. The topological polar surface area (TPSA) is 130 Å². The van der Waals surface area contributed by atoms with Gasteiger partial charge in [-0.3, -0.25) is 14.5 Å². The molecule has 9 heteroatoms. The van der Waals surface area contributed by atoms with Crippen LogP contribution in [0.1, 0.15) is 42.9 Å². The van der Waals surface area contributed by atoms with Crippen molar-refractivity contribution in [1.82, 2.24) is 24.3 Å². The minimum absolute atomic E-state index is 0.162. The fraction of sp³-hybridized carbons (Fsp3) is 0.350. The van der Waals surface area contributed by atoms with Crippen molar-refractivity contribution >= 4 is 22.5 Å². The van der Waals surface area contributed by atoms with E-state index in [0.717, 1.165) is 23.7 Å². The van der Waals surface area contributed by atoms with Crippen LogP contribution in [0.4, 0.5) is 0 Å². The summed E-state index contributed by atoms with van der Waals surface area (Å²) in [6, 6.07) is 1.64. The molecule has 1 amide bonds. The molecule has 9 nitrogen and oxygen atoms in total. The minimum atomic E-state index is -0.604. The van der Waals surface area contributed by atoms with Crippen molar-refractivity contribution in [1.29, 1.82) is 0 Å².